The third-order valence-electron chi connectivity index (χ3n) is 3.07. The molecule has 0 aliphatic rings. The summed E-state index contributed by atoms with van der Waals surface area (Å²) >= 11 is 1.72. The molecular formula is C16H18N2O2S. The Balaban J connectivity index is 1.78. The van der Waals surface area contributed by atoms with Crippen molar-refractivity contribution in [1.82, 2.24) is 5.32 Å². The molecule has 1 aromatic heterocycles. The molecule has 2 N–H and O–H groups in total. The predicted octanol–water partition coefficient (Wildman–Crippen LogP) is 3.07. The van der Waals surface area contributed by atoms with Crippen LogP contribution in [0.3, 0.4) is 0 Å². The van der Waals surface area contributed by atoms with Crippen LogP contribution in [0.2, 0.25) is 0 Å². The van der Waals surface area contributed by atoms with Gasteiger partial charge in [0.05, 0.1) is 0 Å². The van der Waals surface area contributed by atoms with Gasteiger partial charge in [-0.05, 0) is 48.6 Å². The van der Waals surface area contributed by atoms with Gasteiger partial charge in [0.2, 0.25) is 5.91 Å². The molecule has 0 fully saturated rings. The Morgan fingerprint density at radius 2 is 1.90 bits per heavy atom. The second kappa shape index (κ2) is 7.59. The van der Waals surface area contributed by atoms with E-state index in [0.29, 0.717) is 17.7 Å². The molecule has 1 aromatic carbocycles. The van der Waals surface area contributed by atoms with Crippen molar-refractivity contribution in [3.05, 3.63) is 52.2 Å². The van der Waals surface area contributed by atoms with Gasteiger partial charge in [0.15, 0.2) is 0 Å². The van der Waals surface area contributed by atoms with Crippen molar-refractivity contribution in [2.45, 2.75) is 19.3 Å². The van der Waals surface area contributed by atoms with Crippen molar-refractivity contribution in [2.75, 3.05) is 12.4 Å². The lowest BCUT2D eigenvalue weighted by atomic mass is 10.2. The SMILES string of the molecule is CNC(=O)c1ccc(NC(=O)CCCc2cccs2)cc1. The van der Waals surface area contributed by atoms with Gasteiger partial charge >= 0.3 is 0 Å². The average Bonchev–Trinajstić information content (AvgIpc) is 3.00. The summed E-state index contributed by atoms with van der Waals surface area (Å²) in [5.74, 6) is -0.136. The Bertz CT molecular complexity index is 591. The van der Waals surface area contributed by atoms with Crippen LogP contribution in [-0.2, 0) is 11.2 Å². The second-order valence-electron chi connectivity index (χ2n) is 4.64. The molecule has 2 rings (SSSR count). The average molecular weight is 302 g/mol. The Labute approximate surface area is 128 Å². The minimum absolute atomic E-state index is 0.000695. The van der Waals surface area contributed by atoms with E-state index >= 15 is 0 Å². The summed E-state index contributed by atoms with van der Waals surface area (Å²) in [7, 11) is 1.59. The molecule has 0 radical (unpaired) electrons. The lowest BCUT2D eigenvalue weighted by molar-refractivity contribution is -0.116. The van der Waals surface area contributed by atoms with Gasteiger partial charge in [-0.1, -0.05) is 6.07 Å². The summed E-state index contributed by atoms with van der Waals surface area (Å²) in [6.45, 7) is 0. The smallest absolute Gasteiger partial charge is 0.251 e. The predicted molar refractivity (Wildman–Crippen MR) is 85.7 cm³/mol. The van der Waals surface area contributed by atoms with E-state index < -0.39 is 0 Å². The fourth-order valence-electron chi connectivity index (χ4n) is 1.95. The van der Waals surface area contributed by atoms with Gasteiger partial charge in [0, 0.05) is 29.6 Å². The van der Waals surface area contributed by atoms with Gasteiger partial charge < -0.3 is 10.6 Å². The molecule has 4 nitrogen and oxygen atoms in total. The number of carbonyl (C=O) groups excluding carboxylic acids is 2. The van der Waals surface area contributed by atoms with E-state index in [1.807, 2.05) is 11.4 Å². The van der Waals surface area contributed by atoms with E-state index in [9.17, 15) is 9.59 Å². The number of rotatable bonds is 6. The topological polar surface area (TPSA) is 58.2 Å². The zero-order valence-electron chi connectivity index (χ0n) is 11.9. The highest BCUT2D eigenvalue weighted by atomic mass is 32.1. The number of hydrogen-bond acceptors (Lipinski definition) is 3. The van der Waals surface area contributed by atoms with Crippen LogP contribution in [0.15, 0.2) is 41.8 Å². The summed E-state index contributed by atoms with van der Waals surface area (Å²) in [5, 5.41) is 7.44. The molecule has 0 saturated carbocycles. The van der Waals surface area contributed by atoms with Crippen molar-refractivity contribution >= 4 is 28.8 Å². The molecule has 0 unspecified atom stereocenters. The van der Waals surface area contributed by atoms with Crippen LogP contribution in [0.5, 0.6) is 0 Å². The molecule has 0 spiro atoms. The van der Waals surface area contributed by atoms with Crippen molar-refractivity contribution in [3.8, 4) is 0 Å². The maximum atomic E-state index is 11.8. The van der Waals surface area contributed by atoms with E-state index in [1.165, 1.54) is 4.88 Å². The first kappa shape index (κ1) is 15.3. The van der Waals surface area contributed by atoms with E-state index in [4.69, 9.17) is 0 Å². The summed E-state index contributed by atoms with van der Waals surface area (Å²) < 4.78 is 0. The molecule has 110 valence electrons. The fraction of sp³-hybridized carbons (Fsp3) is 0.250. The molecule has 5 heteroatoms. The van der Waals surface area contributed by atoms with E-state index in [1.54, 1.807) is 42.6 Å². The molecule has 0 atom stereocenters. The van der Waals surface area contributed by atoms with E-state index in [0.717, 1.165) is 12.8 Å². The number of carbonyl (C=O) groups is 2. The third-order valence-corrected chi connectivity index (χ3v) is 4.00. The van der Waals surface area contributed by atoms with Crippen LogP contribution in [0.4, 0.5) is 5.69 Å². The van der Waals surface area contributed by atoms with Crippen LogP contribution in [0.25, 0.3) is 0 Å². The van der Waals surface area contributed by atoms with Crippen LogP contribution in [-0.4, -0.2) is 18.9 Å². The summed E-state index contributed by atoms with van der Waals surface area (Å²) in [4.78, 5) is 24.5. The largest absolute Gasteiger partial charge is 0.355 e. The van der Waals surface area contributed by atoms with Gasteiger partial charge in [0.1, 0.15) is 0 Å². The molecule has 0 aliphatic heterocycles. The first-order chi connectivity index (χ1) is 10.2. The highest BCUT2D eigenvalue weighted by Gasteiger charge is 2.05. The van der Waals surface area contributed by atoms with Crippen LogP contribution in [0, 0.1) is 0 Å². The van der Waals surface area contributed by atoms with Gasteiger partial charge in [-0.2, -0.15) is 0 Å². The lowest BCUT2D eigenvalue weighted by Gasteiger charge is -2.06. The molecule has 2 aromatic rings. The highest BCUT2D eigenvalue weighted by Crippen LogP contribution is 2.13. The minimum Gasteiger partial charge on any atom is -0.355 e. The molecule has 0 saturated heterocycles. The van der Waals surface area contributed by atoms with Gasteiger partial charge in [-0.3, -0.25) is 9.59 Å². The lowest BCUT2D eigenvalue weighted by Crippen LogP contribution is -2.17. The number of thiophene rings is 1. The summed E-state index contributed by atoms with van der Waals surface area (Å²) in [6.07, 6.45) is 2.26. The molecule has 0 aliphatic carbocycles. The molecular weight excluding hydrogens is 284 g/mol. The van der Waals surface area contributed by atoms with Gasteiger partial charge in [-0.15, -0.1) is 11.3 Å². The fourth-order valence-corrected chi connectivity index (χ4v) is 2.70. The monoisotopic (exact) mass is 302 g/mol. The van der Waals surface area contributed by atoms with Crippen LogP contribution < -0.4 is 10.6 Å². The molecule has 2 amide bonds. The van der Waals surface area contributed by atoms with Crippen LogP contribution in [0.1, 0.15) is 28.1 Å². The Morgan fingerprint density at radius 1 is 1.14 bits per heavy atom. The standard InChI is InChI=1S/C16H18N2O2S/c1-17-16(20)12-7-9-13(10-8-12)18-15(19)6-2-4-14-5-3-11-21-14/h3,5,7-11H,2,4,6H2,1H3,(H,17,20)(H,18,19). The van der Waals surface area contributed by atoms with Crippen molar-refractivity contribution in [1.29, 1.82) is 0 Å². The maximum absolute atomic E-state index is 11.8. The quantitative estimate of drug-likeness (QED) is 0.861. The summed E-state index contributed by atoms with van der Waals surface area (Å²) in [5.41, 5.74) is 1.29. The van der Waals surface area contributed by atoms with Crippen molar-refractivity contribution in [2.24, 2.45) is 0 Å². The van der Waals surface area contributed by atoms with Crippen LogP contribution >= 0.6 is 11.3 Å². The van der Waals surface area contributed by atoms with E-state index in [-0.39, 0.29) is 11.8 Å². The minimum atomic E-state index is -0.135. The zero-order valence-corrected chi connectivity index (χ0v) is 12.7. The molecule has 1 heterocycles. The van der Waals surface area contributed by atoms with E-state index in [2.05, 4.69) is 16.7 Å². The number of hydrogen-bond donors (Lipinski definition) is 2. The normalized spacial score (nSPS) is 10.1. The first-order valence-corrected chi connectivity index (χ1v) is 7.71. The number of nitrogens with one attached hydrogen (secondary N) is 2. The second-order valence-corrected chi connectivity index (χ2v) is 5.67. The Hall–Kier alpha value is -2.14. The van der Waals surface area contributed by atoms with Gasteiger partial charge in [-0.25, -0.2) is 0 Å². The number of amides is 2. The Kier molecular flexibility index (Phi) is 5.51. The Morgan fingerprint density at radius 3 is 2.52 bits per heavy atom. The van der Waals surface area contributed by atoms with Crippen molar-refractivity contribution in [3.63, 3.8) is 0 Å². The third kappa shape index (κ3) is 4.72. The number of aryl methyl sites for hydroxylation is 1. The first-order valence-electron chi connectivity index (χ1n) is 6.83. The molecule has 21 heavy (non-hydrogen) atoms. The number of anilines is 1. The number of benzene rings is 1. The highest BCUT2D eigenvalue weighted by molar-refractivity contribution is 7.09. The summed E-state index contributed by atoms with van der Waals surface area (Å²) in [6, 6.07) is 11.0. The van der Waals surface area contributed by atoms with Gasteiger partial charge in [0.25, 0.3) is 5.91 Å². The molecule has 0 bridgehead atoms. The van der Waals surface area contributed by atoms with Crippen molar-refractivity contribution < 1.29 is 9.59 Å². The zero-order chi connectivity index (χ0) is 15.1. The maximum Gasteiger partial charge on any atom is 0.251 e.